The molecule has 0 bridgehead atoms. The lowest BCUT2D eigenvalue weighted by Crippen LogP contribution is -2.35. The summed E-state index contributed by atoms with van der Waals surface area (Å²) in [6.45, 7) is 1.39. The van der Waals surface area contributed by atoms with Crippen molar-refractivity contribution in [3.05, 3.63) is 46.5 Å². The molecular weight excluding hydrogens is 362 g/mol. The molecule has 0 radical (unpaired) electrons. The maximum absolute atomic E-state index is 6.53. The van der Waals surface area contributed by atoms with Crippen molar-refractivity contribution in [1.29, 1.82) is 0 Å². The summed E-state index contributed by atoms with van der Waals surface area (Å²) in [6.07, 6.45) is 0.198. The number of nitrogens with zero attached hydrogens (tertiary/aromatic N) is 1. The molecule has 0 aliphatic carbocycles. The van der Waals surface area contributed by atoms with E-state index in [-0.39, 0.29) is 25.7 Å². The Kier molecular flexibility index (Phi) is 3.53. The average Bonchev–Trinajstić information content (AvgIpc) is 3.35. The van der Waals surface area contributed by atoms with E-state index in [1.807, 2.05) is 6.07 Å². The molecule has 4 aliphatic heterocycles. The van der Waals surface area contributed by atoms with Crippen LogP contribution in [0, 0.1) is 0 Å². The van der Waals surface area contributed by atoms with Crippen molar-refractivity contribution >= 4 is 0 Å². The van der Waals surface area contributed by atoms with E-state index in [0.29, 0.717) is 0 Å². The Morgan fingerprint density at radius 1 is 0.964 bits per heavy atom. The van der Waals surface area contributed by atoms with Gasteiger partial charge in [-0.15, -0.1) is 0 Å². The summed E-state index contributed by atoms with van der Waals surface area (Å²) in [5.41, 5.74) is 4.43. The van der Waals surface area contributed by atoms with Gasteiger partial charge >= 0.3 is 0 Å². The smallest absolute Gasteiger partial charge is 0.231 e. The Labute approximate surface area is 162 Å². The van der Waals surface area contributed by atoms with Crippen LogP contribution in [0.25, 0.3) is 0 Å². The Morgan fingerprint density at radius 2 is 1.75 bits per heavy atom. The SMILES string of the molecule is CO[C@H]1O[C@H]2c3cc4c(cc3CCN(C)[C@@H]2c2ccc3c(c21)OCO3)OCO4. The van der Waals surface area contributed by atoms with Crippen LogP contribution in [0.3, 0.4) is 0 Å². The molecule has 0 fully saturated rings. The molecule has 0 N–H and O–H groups in total. The molecule has 4 aliphatic rings. The summed E-state index contributed by atoms with van der Waals surface area (Å²) in [5.74, 6) is 3.05. The van der Waals surface area contributed by atoms with E-state index in [1.54, 1.807) is 7.11 Å². The Bertz CT molecular complexity index is 960. The quantitative estimate of drug-likeness (QED) is 0.750. The fraction of sp³-hybridized carbons (Fsp3) is 0.429. The monoisotopic (exact) mass is 383 g/mol. The first-order valence-corrected chi connectivity index (χ1v) is 9.48. The van der Waals surface area contributed by atoms with Crippen LogP contribution in [-0.2, 0) is 15.9 Å². The second kappa shape index (κ2) is 6.01. The van der Waals surface area contributed by atoms with Gasteiger partial charge in [0.05, 0.1) is 11.6 Å². The molecule has 0 saturated carbocycles. The van der Waals surface area contributed by atoms with E-state index in [4.69, 9.17) is 28.4 Å². The third-order valence-corrected chi connectivity index (χ3v) is 6.09. The van der Waals surface area contributed by atoms with Gasteiger partial charge in [0.25, 0.3) is 0 Å². The van der Waals surface area contributed by atoms with Crippen molar-refractivity contribution in [2.45, 2.75) is 24.9 Å². The molecule has 2 aromatic carbocycles. The Morgan fingerprint density at radius 3 is 2.61 bits per heavy atom. The van der Waals surface area contributed by atoms with Crippen molar-refractivity contribution in [2.75, 3.05) is 34.3 Å². The zero-order valence-electron chi connectivity index (χ0n) is 15.8. The predicted octanol–water partition coefficient (Wildman–Crippen LogP) is 3.09. The first-order valence-electron chi connectivity index (χ1n) is 9.48. The van der Waals surface area contributed by atoms with Crippen molar-refractivity contribution in [2.24, 2.45) is 0 Å². The Hall–Kier alpha value is -2.48. The molecule has 7 heteroatoms. The summed E-state index contributed by atoms with van der Waals surface area (Å²) in [7, 11) is 3.79. The van der Waals surface area contributed by atoms with Crippen LogP contribution in [0.15, 0.2) is 24.3 Å². The van der Waals surface area contributed by atoms with E-state index < -0.39 is 6.29 Å². The van der Waals surface area contributed by atoms with Crippen LogP contribution in [0.1, 0.15) is 40.7 Å². The molecule has 3 atom stereocenters. The summed E-state index contributed by atoms with van der Waals surface area (Å²) in [4.78, 5) is 2.34. The van der Waals surface area contributed by atoms with E-state index >= 15 is 0 Å². The molecule has 146 valence electrons. The molecule has 0 amide bonds. The van der Waals surface area contributed by atoms with Gasteiger partial charge in [-0.3, -0.25) is 4.90 Å². The molecular formula is C21H21NO6. The predicted molar refractivity (Wildman–Crippen MR) is 97.8 cm³/mol. The van der Waals surface area contributed by atoms with Crippen molar-refractivity contribution in [3.8, 4) is 23.0 Å². The highest BCUT2D eigenvalue weighted by atomic mass is 16.7. The summed E-state index contributed by atoms with van der Waals surface area (Å²) < 4.78 is 34.8. The molecule has 4 heterocycles. The normalized spacial score (nSPS) is 27.0. The highest BCUT2D eigenvalue weighted by molar-refractivity contribution is 5.56. The van der Waals surface area contributed by atoms with E-state index in [2.05, 4.69) is 30.1 Å². The lowest BCUT2D eigenvalue weighted by Gasteiger charge is -2.41. The van der Waals surface area contributed by atoms with Gasteiger partial charge in [0.2, 0.25) is 13.6 Å². The van der Waals surface area contributed by atoms with Gasteiger partial charge < -0.3 is 28.4 Å². The van der Waals surface area contributed by atoms with Gasteiger partial charge in [-0.25, -0.2) is 0 Å². The summed E-state index contributed by atoms with van der Waals surface area (Å²) >= 11 is 0. The lowest BCUT2D eigenvalue weighted by molar-refractivity contribution is -0.190. The Balaban J connectivity index is 1.54. The molecule has 0 aromatic heterocycles. The standard InChI is InChI=1S/C21H21NO6/c1-22-6-5-11-7-15-16(26-9-25-15)8-13(11)19-18(22)12-3-4-14-20(27-10-24-14)17(12)21(23-2)28-19/h3-4,7-8,18-19,21H,5-6,9-10H2,1-2H3/t18-,19+,21+/m1/s1. The van der Waals surface area contributed by atoms with Crippen LogP contribution in [0.5, 0.6) is 23.0 Å². The maximum Gasteiger partial charge on any atom is 0.231 e. The summed E-state index contributed by atoms with van der Waals surface area (Å²) in [6, 6.07) is 8.30. The van der Waals surface area contributed by atoms with Gasteiger partial charge in [0.15, 0.2) is 29.3 Å². The fourth-order valence-electron chi connectivity index (χ4n) is 4.75. The first-order chi connectivity index (χ1) is 13.7. The highest BCUT2D eigenvalue weighted by Crippen LogP contribution is 2.55. The van der Waals surface area contributed by atoms with Gasteiger partial charge in [0.1, 0.15) is 6.10 Å². The lowest BCUT2D eigenvalue weighted by atomic mass is 9.87. The molecule has 0 saturated heterocycles. The van der Waals surface area contributed by atoms with E-state index in [1.165, 1.54) is 5.56 Å². The third kappa shape index (κ3) is 2.21. The number of benzene rings is 2. The van der Waals surface area contributed by atoms with Crippen LogP contribution >= 0.6 is 0 Å². The van der Waals surface area contributed by atoms with Crippen LogP contribution in [-0.4, -0.2) is 39.2 Å². The number of hydrogen-bond acceptors (Lipinski definition) is 7. The number of likely N-dealkylation sites (N-methyl/N-ethyl adjacent to an activating group) is 1. The number of methoxy groups -OCH3 is 1. The fourth-order valence-corrected chi connectivity index (χ4v) is 4.75. The van der Waals surface area contributed by atoms with Gasteiger partial charge in [0, 0.05) is 13.7 Å². The van der Waals surface area contributed by atoms with Crippen molar-refractivity contribution in [3.63, 3.8) is 0 Å². The van der Waals surface area contributed by atoms with Gasteiger partial charge in [-0.05, 0) is 48.4 Å². The van der Waals surface area contributed by atoms with Crippen LogP contribution in [0.2, 0.25) is 0 Å². The van der Waals surface area contributed by atoms with Gasteiger partial charge in [-0.1, -0.05) is 6.07 Å². The highest BCUT2D eigenvalue weighted by Gasteiger charge is 2.44. The topological polar surface area (TPSA) is 58.6 Å². The summed E-state index contributed by atoms with van der Waals surface area (Å²) in [5, 5.41) is 0. The van der Waals surface area contributed by atoms with Crippen molar-refractivity contribution < 1.29 is 28.4 Å². The number of hydrogen-bond donors (Lipinski definition) is 0. The molecule has 0 spiro atoms. The number of ether oxygens (including phenoxy) is 6. The minimum Gasteiger partial charge on any atom is -0.454 e. The third-order valence-electron chi connectivity index (χ3n) is 6.09. The largest absolute Gasteiger partial charge is 0.454 e. The van der Waals surface area contributed by atoms with Gasteiger partial charge in [-0.2, -0.15) is 0 Å². The zero-order valence-corrected chi connectivity index (χ0v) is 15.8. The first kappa shape index (κ1) is 16.5. The average molecular weight is 383 g/mol. The number of fused-ring (bicyclic) bond motifs is 8. The molecule has 2 aromatic rings. The second-order valence-electron chi connectivity index (χ2n) is 7.51. The molecule has 28 heavy (non-hydrogen) atoms. The minimum atomic E-state index is -0.530. The van der Waals surface area contributed by atoms with Crippen molar-refractivity contribution in [1.82, 2.24) is 4.90 Å². The maximum atomic E-state index is 6.53. The van der Waals surface area contributed by atoms with Crippen LogP contribution in [0.4, 0.5) is 0 Å². The zero-order chi connectivity index (χ0) is 18.8. The number of rotatable bonds is 1. The second-order valence-corrected chi connectivity index (χ2v) is 7.51. The molecule has 7 nitrogen and oxygen atoms in total. The van der Waals surface area contributed by atoms with Crippen LogP contribution < -0.4 is 18.9 Å². The van der Waals surface area contributed by atoms with E-state index in [0.717, 1.165) is 52.7 Å². The van der Waals surface area contributed by atoms with E-state index in [9.17, 15) is 0 Å². The molecule has 6 rings (SSSR count). The molecule has 0 unspecified atom stereocenters. The minimum absolute atomic E-state index is 0.0394.